The number of hydrogen-bond donors (Lipinski definition) is 2. The van der Waals surface area contributed by atoms with E-state index in [1.807, 2.05) is 27.7 Å². The van der Waals surface area contributed by atoms with Crippen molar-refractivity contribution in [2.75, 3.05) is 6.61 Å². The monoisotopic (exact) mass is 257 g/mol. The molecule has 4 nitrogen and oxygen atoms in total. The Hall–Kier alpha value is -0.610. The normalized spacial score (nSPS) is 26.7. The number of hydrogen-bond acceptors (Lipinski definition) is 4. The number of carbonyl (C=O) groups excluding carboxylic acids is 1. The summed E-state index contributed by atoms with van der Waals surface area (Å²) in [6.07, 6.45) is 4.40. The molecule has 1 fully saturated rings. The number of nitrogens with one attached hydrogen (secondary N) is 1. The van der Waals surface area contributed by atoms with Crippen molar-refractivity contribution >= 4 is 5.97 Å². The molecular weight excluding hydrogens is 230 g/mol. The van der Waals surface area contributed by atoms with Crippen molar-refractivity contribution in [3.8, 4) is 0 Å². The predicted molar refractivity (Wildman–Crippen MR) is 71.3 cm³/mol. The fourth-order valence-corrected chi connectivity index (χ4v) is 2.42. The molecule has 0 bridgehead atoms. The third-order valence-electron chi connectivity index (χ3n) is 3.37. The number of ether oxygens (including phenoxy) is 1. The average molecular weight is 257 g/mol. The Labute approximate surface area is 110 Å². The number of aliphatic hydroxyl groups is 1. The molecule has 0 amide bonds. The van der Waals surface area contributed by atoms with Gasteiger partial charge in [0, 0.05) is 12.6 Å². The summed E-state index contributed by atoms with van der Waals surface area (Å²) in [7, 11) is 0. The van der Waals surface area contributed by atoms with E-state index in [0.29, 0.717) is 0 Å². The molecule has 1 saturated carbocycles. The van der Waals surface area contributed by atoms with Gasteiger partial charge in [-0.15, -0.1) is 0 Å². The van der Waals surface area contributed by atoms with Gasteiger partial charge in [-0.2, -0.15) is 0 Å². The molecule has 0 saturated heterocycles. The second-order valence-corrected chi connectivity index (χ2v) is 6.26. The van der Waals surface area contributed by atoms with Gasteiger partial charge in [0.05, 0.1) is 0 Å². The standard InChI is InChI=1S/C14H27NO3/c1-10(13(17)18-14(2,3)4)15-12-8-6-5-7-11(12)9-16/h10-12,15-16H,5-9H2,1-4H3. The molecule has 0 heterocycles. The van der Waals surface area contributed by atoms with Crippen LogP contribution in [0.4, 0.5) is 0 Å². The predicted octanol–water partition coefficient (Wildman–Crippen LogP) is 1.86. The number of rotatable bonds is 4. The maximum Gasteiger partial charge on any atom is 0.323 e. The molecule has 18 heavy (non-hydrogen) atoms. The Kier molecular flexibility index (Phi) is 5.60. The second kappa shape index (κ2) is 6.53. The van der Waals surface area contributed by atoms with Gasteiger partial charge in [0.2, 0.25) is 0 Å². The van der Waals surface area contributed by atoms with Gasteiger partial charge >= 0.3 is 5.97 Å². The van der Waals surface area contributed by atoms with Crippen LogP contribution in [-0.4, -0.2) is 35.4 Å². The van der Waals surface area contributed by atoms with E-state index in [-0.39, 0.29) is 30.6 Å². The van der Waals surface area contributed by atoms with Crippen molar-refractivity contribution in [2.24, 2.45) is 5.92 Å². The van der Waals surface area contributed by atoms with Crippen molar-refractivity contribution in [3.05, 3.63) is 0 Å². The van der Waals surface area contributed by atoms with Gasteiger partial charge < -0.3 is 15.2 Å². The summed E-state index contributed by atoms with van der Waals surface area (Å²) in [6, 6.07) is -0.0901. The summed E-state index contributed by atoms with van der Waals surface area (Å²) in [6.45, 7) is 7.63. The Morgan fingerprint density at radius 2 is 2.00 bits per heavy atom. The van der Waals surface area contributed by atoms with E-state index in [2.05, 4.69) is 5.32 Å². The lowest BCUT2D eigenvalue weighted by Crippen LogP contribution is -2.48. The molecule has 1 rings (SSSR count). The van der Waals surface area contributed by atoms with Gasteiger partial charge in [-0.25, -0.2) is 0 Å². The SMILES string of the molecule is CC(NC1CCCCC1CO)C(=O)OC(C)(C)C. The van der Waals surface area contributed by atoms with Crippen LogP contribution in [0.2, 0.25) is 0 Å². The molecule has 4 heteroatoms. The fourth-order valence-electron chi connectivity index (χ4n) is 2.42. The van der Waals surface area contributed by atoms with Gasteiger partial charge in [0.15, 0.2) is 0 Å². The number of carbonyl (C=O) groups is 1. The molecule has 2 N–H and O–H groups in total. The van der Waals surface area contributed by atoms with Crippen LogP contribution in [-0.2, 0) is 9.53 Å². The zero-order chi connectivity index (χ0) is 13.8. The average Bonchev–Trinajstić information content (AvgIpc) is 2.27. The van der Waals surface area contributed by atoms with Crippen molar-refractivity contribution in [1.29, 1.82) is 0 Å². The number of aliphatic hydroxyl groups excluding tert-OH is 1. The van der Waals surface area contributed by atoms with Gasteiger partial charge in [-0.3, -0.25) is 4.79 Å². The summed E-state index contributed by atoms with van der Waals surface area (Å²) in [5.74, 6) is 0.0494. The highest BCUT2D eigenvalue weighted by atomic mass is 16.6. The van der Waals surface area contributed by atoms with Crippen molar-refractivity contribution in [2.45, 2.75) is 71.1 Å². The van der Waals surface area contributed by atoms with Crippen molar-refractivity contribution in [3.63, 3.8) is 0 Å². The zero-order valence-corrected chi connectivity index (χ0v) is 12.0. The summed E-state index contributed by atoms with van der Waals surface area (Å²) in [4.78, 5) is 11.9. The Morgan fingerprint density at radius 1 is 1.39 bits per heavy atom. The highest BCUT2D eigenvalue weighted by Gasteiger charge is 2.29. The van der Waals surface area contributed by atoms with Crippen LogP contribution in [0.15, 0.2) is 0 Å². The van der Waals surface area contributed by atoms with E-state index < -0.39 is 5.60 Å². The quantitative estimate of drug-likeness (QED) is 0.755. The second-order valence-electron chi connectivity index (χ2n) is 6.26. The Morgan fingerprint density at radius 3 is 2.56 bits per heavy atom. The Balaban J connectivity index is 2.47. The molecule has 0 aromatic rings. The van der Waals surface area contributed by atoms with Crippen LogP contribution in [0.5, 0.6) is 0 Å². The molecule has 0 aromatic carbocycles. The zero-order valence-electron chi connectivity index (χ0n) is 12.0. The maximum atomic E-state index is 11.9. The van der Waals surface area contributed by atoms with E-state index in [4.69, 9.17) is 4.74 Å². The minimum atomic E-state index is -0.448. The molecule has 0 radical (unpaired) electrons. The third kappa shape index (κ3) is 4.94. The van der Waals surface area contributed by atoms with Crippen molar-refractivity contribution in [1.82, 2.24) is 5.32 Å². The first kappa shape index (κ1) is 15.4. The minimum Gasteiger partial charge on any atom is -0.459 e. The smallest absolute Gasteiger partial charge is 0.323 e. The fraction of sp³-hybridized carbons (Fsp3) is 0.929. The lowest BCUT2D eigenvalue weighted by molar-refractivity contribution is -0.157. The first-order chi connectivity index (χ1) is 8.33. The summed E-state index contributed by atoms with van der Waals surface area (Å²) in [5.41, 5.74) is -0.448. The van der Waals surface area contributed by atoms with Gasteiger partial charge in [0.1, 0.15) is 11.6 Å². The molecule has 3 unspecified atom stereocenters. The van der Waals surface area contributed by atoms with E-state index in [1.165, 1.54) is 6.42 Å². The highest BCUT2D eigenvalue weighted by Crippen LogP contribution is 2.24. The van der Waals surface area contributed by atoms with E-state index >= 15 is 0 Å². The van der Waals surface area contributed by atoms with Crippen LogP contribution in [0.25, 0.3) is 0 Å². The van der Waals surface area contributed by atoms with E-state index in [1.54, 1.807) is 0 Å². The van der Waals surface area contributed by atoms with Crippen LogP contribution in [0.1, 0.15) is 53.4 Å². The molecule has 0 aromatic heterocycles. The van der Waals surface area contributed by atoms with E-state index in [0.717, 1.165) is 19.3 Å². The minimum absolute atomic E-state index is 0.193. The molecule has 0 spiro atoms. The summed E-state index contributed by atoms with van der Waals surface area (Å²) >= 11 is 0. The van der Waals surface area contributed by atoms with E-state index in [9.17, 15) is 9.90 Å². The summed E-state index contributed by atoms with van der Waals surface area (Å²) < 4.78 is 5.35. The lowest BCUT2D eigenvalue weighted by Gasteiger charge is -2.33. The van der Waals surface area contributed by atoms with Crippen LogP contribution in [0, 0.1) is 5.92 Å². The first-order valence-electron chi connectivity index (χ1n) is 6.93. The van der Waals surface area contributed by atoms with Crippen LogP contribution in [0.3, 0.4) is 0 Å². The molecule has 106 valence electrons. The third-order valence-corrected chi connectivity index (χ3v) is 3.37. The highest BCUT2D eigenvalue weighted by molar-refractivity contribution is 5.75. The molecule has 1 aliphatic rings. The maximum absolute atomic E-state index is 11.9. The Bertz CT molecular complexity index is 273. The van der Waals surface area contributed by atoms with Gasteiger partial charge in [-0.1, -0.05) is 12.8 Å². The summed E-state index contributed by atoms with van der Waals surface area (Å²) in [5, 5.41) is 12.7. The van der Waals surface area contributed by atoms with Crippen LogP contribution < -0.4 is 5.32 Å². The molecular formula is C14H27NO3. The molecule has 1 aliphatic carbocycles. The number of esters is 1. The first-order valence-corrected chi connectivity index (χ1v) is 6.93. The largest absolute Gasteiger partial charge is 0.459 e. The topological polar surface area (TPSA) is 58.6 Å². The van der Waals surface area contributed by atoms with Gasteiger partial charge in [-0.05, 0) is 46.5 Å². The molecule has 0 aliphatic heterocycles. The lowest BCUT2D eigenvalue weighted by atomic mass is 9.84. The van der Waals surface area contributed by atoms with Gasteiger partial charge in [0.25, 0.3) is 0 Å². The van der Waals surface area contributed by atoms with Crippen molar-refractivity contribution < 1.29 is 14.6 Å². The molecule has 3 atom stereocenters. The van der Waals surface area contributed by atoms with Crippen LogP contribution >= 0.6 is 0 Å².